The lowest BCUT2D eigenvalue weighted by Crippen LogP contribution is -2.29. The number of carbonyl (C=O) groups excluding carboxylic acids is 2. The highest BCUT2D eigenvalue weighted by Gasteiger charge is 2.21. The zero-order chi connectivity index (χ0) is 24.1. The van der Waals surface area contributed by atoms with E-state index < -0.39 is 6.04 Å². The number of halogens is 2. The highest BCUT2D eigenvalue weighted by Crippen LogP contribution is 2.26. The van der Waals surface area contributed by atoms with Crippen LogP contribution in [-0.2, 0) is 11.3 Å². The first-order valence-electron chi connectivity index (χ1n) is 10.4. The molecule has 174 valence electrons. The van der Waals surface area contributed by atoms with Crippen LogP contribution in [0.25, 0.3) is 0 Å². The first-order chi connectivity index (χ1) is 15.7. The minimum atomic E-state index is -0.391. The zero-order valence-electron chi connectivity index (χ0n) is 18.8. The molecule has 3 aromatic rings. The van der Waals surface area contributed by atoms with E-state index >= 15 is 0 Å². The molecule has 33 heavy (non-hydrogen) atoms. The van der Waals surface area contributed by atoms with E-state index in [0.29, 0.717) is 28.1 Å². The standard InChI is InChI=1S/C23H25BrClN5O2S/c1-5-30-21(15(4)26-22(32)17-8-6-7-9-18(17)25)28-29-23(30)33-12-19(31)27-20-13(2)10-16(24)11-14(20)3/h6-11,15H,5,12H2,1-4H3,(H,26,32)(H,27,31)/t15-/m1/s1. The van der Waals surface area contributed by atoms with Crippen molar-refractivity contribution in [3.05, 3.63) is 68.4 Å². The van der Waals surface area contributed by atoms with E-state index in [0.717, 1.165) is 21.3 Å². The number of nitrogens with one attached hydrogen (secondary N) is 2. The van der Waals surface area contributed by atoms with Gasteiger partial charge in [-0.3, -0.25) is 9.59 Å². The van der Waals surface area contributed by atoms with Crippen LogP contribution in [0.5, 0.6) is 0 Å². The number of nitrogens with zero attached hydrogens (tertiary/aromatic N) is 3. The molecule has 0 saturated carbocycles. The molecule has 0 aliphatic rings. The fraction of sp³-hybridized carbons (Fsp3) is 0.304. The average molecular weight is 551 g/mol. The van der Waals surface area contributed by atoms with Gasteiger partial charge in [-0.05, 0) is 63.1 Å². The fourth-order valence-electron chi connectivity index (χ4n) is 3.42. The summed E-state index contributed by atoms with van der Waals surface area (Å²) in [5.41, 5.74) is 3.19. The largest absolute Gasteiger partial charge is 0.342 e. The van der Waals surface area contributed by atoms with Crippen molar-refractivity contribution < 1.29 is 9.59 Å². The van der Waals surface area contributed by atoms with Gasteiger partial charge in [-0.2, -0.15) is 0 Å². The summed E-state index contributed by atoms with van der Waals surface area (Å²) in [5.74, 6) is 0.391. The van der Waals surface area contributed by atoms with Crippen LogP contribution in [0.15, 0.2) is 46.0 Å². The van der Waals surface area contributed by atoms with Crippen LogP contribution in [0.3, 0.4) is 0 Å². The Balaban J connectivity index is 1.66. The van der Waals surface area contributed by atoms with E-state index in [9.17, 15) is 9.59 Å². The Morgan fingerprint density at radius 1 is 1.18 bits per heavy atom. The van der Waals surface area contributed by atoms with E-state index in [1.807, 2.05) is 44.4 Å². The Labute approximate surface area is 210 Å². The normalized spacial score (nSPS) is 11.8. The molecule has 0 fully saturated rings. The van der Waals surface area contributed by atoms with Crippen LogP contribution in [0.4, 0.5) is 5.69 Å². The minimum absolute atomic E-state index is 0.124. The number of carbonyl (C=O) groups is 2. The van der Waals surface area contributed by atoms with Gasteiger partial charge in [-0.1, -0.05) is 51.4 Å². The summed E-state index contributed by atoms with van der Waals surface area (Å²) >= 11 is 10.9. The summed E-state index contributed by atoms with van der Waals surface area (Å²) < 4.78 is 2.87. The van der Waals surface area contributed by atoms with E-state index in [1.54, 1.807) is 24.3 Å². The summed E-state index contributed by atoms with van der Waals surface area (Å²) in [6, 6.07) is 10.4. The van der Waals surface area contributed by atoms with Crippen molar-refractivity contribution in [2.75, 3.05) is 11.1 Å². The lowest BCUT2D eigenvalue weighted by atomic mass is 10.1. The van der Waals surface area contributed by atoms with Gasteiger partial charge in [0.2, 0.25) is 5.91 Å². The number of rotatable bonds is 8. The Morgan fingerprint density at radius 3 is 2.48 bits per heavy atom. The third kappa shape index (κ3) is 6.16. The first kappa shape index (κ1) is 25.3. The molecule has 2 aromatic carbocycles. The molecule has 0 saturated heterocycles. The van der Waals surface area contributed by atoms with Crippen molar-refractivity contribution in [1.29, 1.82) is 0 Å². The molecule has 2 amide bonds. The molecule has 1 aromatic heterocycles. The van der Waals surface area contributed by atoms with Crippen molar-refractivity contribution in [3.8, 4) is 0 Å². The highest BCUT2D eigenvalue weighted by atomic mass is 79.9. The summed E-state index contributed by atoms with van der Waals surface area (Å²) in [5, 5.41) is 15.4. The van der Waals surface area contributed by atoms with Gasteiger partial charge in [0, 0.05) is 16.7 Å². The van der Waals surface area contributed by atoms with Crippen LogP contribution >= 0.6 is 39.3 Å². The molecular formula is C23H25BrClN5O2S. The molecule has 0 aliphatic heterocycles. The molecule has 7 nitrogen and oxygen atoms in total. The number of benzene rings is 2. The van der Waals surface area contributed by atoms with Crippen molar-refractivity contribution in [1.82, 2.24) is 20.1 Å². The molecule has 0 radical (unpaired) electrons. The summed E-state index contributed by atoms with van der Waals surface area (Å²) in [7, 11) is 0. The molecule has 0 bridgehead atoms. The SMILES string of the molecule is CCn1c(SCC(=O)Nc2c(C)cc(Br)cc2C)nnc1[C@@H](C)NC(=O)c1ccccc1Cl. The zero-order valence-corrected chi connectivity index (χ0v) is 21.9. The van der Waals surface area contributed by atoms with E-state index in [-0.39, 0.29) is 17.6 Å². The van der Waals surface area contributed by atoms with E-state index in [1.165, 1.54) is 11.8 Å². The van der Waals surface area contributed by atoms with Gasteiger partial charge in [-0.15, -0.1) is 10.2 Å². The number of aryl methyl sites for hydroxylation is 2. The quantitative estimate of drug-likeness (QED) is 0.359. The average Bonchev–Trinajstić information content (AvgIpc) is 3.18. The molecule has 1 heterocycles. The maximum Gasteiger partial charge on any atom is 0.253 e. The number of amides is 2. The molecule has 3 rings (SSSR count). The molecule has 2 N–H and O–H groups in total. The van der Waals surface area contributed by atoms with Crippen LogP contribution in [0, 0.1) is 13.8 Å². The maximum absolute atomic E-state index is 12.6. The molecule has 1 atom stereocenters. The number of hydrogen-bond donors (Lipinski definition) is 2. The van der Waals surface area contributed by atoms with Gasteiger partial charge < -0.3 is 15.2 Å². The third-order valence-electron chi connectivity index (χ3n) is 5.01. The Kier molecular flexibility index (Phi) is 8.56. The van der Waals surface area contributed by atoms with Gasteiger partial charge in [0.25, 0.3) is 5.91 Å². The third-order valence-corrected chi connectivity index (χ3v) is 6.76. The number of aromatic nitrogens is 3. The molecule has 0 unspecified atom stereocenters. The van der Waals surface area contributed by atoms with Crippen LogP contribution in [-0.4, -0.2) is 32.3 Å². The first-order valence-corrected chi connectivity index (χ1v) is 12.5. The van der Waals surface area contributed by atoms with E-state index in [4.69, 9.17) is 11.6 Å². The number of anilines is 1. The predicted octanol–water partition coefficient (Wildman–Crippen LogP) is 5.55. The lowest BCUT2D eigenvalue weighted by molar-refractivity contribution is -0.113. The second kappa shape index (κ2) is 11.2. The Hall–Kier alpha value is -2.36. The van der Waals surface area contributed by atoms with Crippen LogP contribution in [0.2, 0.25) is 5.02 Å². The molecule has 0 aliphatic carbocycles. The van der Waals surface area contributed by atoms with Gasteiger partial charge in [0.15, 0.2) is 11.0 Å². The molecular weight excluding hydrogens is 526 g/mol. The lowest BCUT2D eigenvalue weighted by Gasteiger charge is -2.16. The topological polar surface area (TPSA) is 88.9 Å². The summed E-state index contributed by atoms with van der Waals surface area (Å²) in [4.78, 5) is 25.2. The van der Waals surface area contributed by atoms with Gasteiger partial charge >= 0.3 is 0 Å². The second-order valence-corrected chi connectivity index (χ2v) is 9.78. The van der Waals surface area contributed by atoms with E-state index in [2.05, 4.69) is 36.8 Å². The van der Waals surface area contributed by atoms with Gasteiger partial charge in [0.1, 0.15) is 0 Å². The highest BCUT2D eigenvalue weighted by molar-refractivity contribution is 9.10. The maximum atomic E-state index is 12.6. The predicted molar refractivity (Wildman–Crippen MR) is 136 cm³/mol. The van der Waals surface area contributed by atoms with Crippen molar-refractivity contribution >= 4 is 56.8 Å². The minimum Gasteiger partial charge on any atom is -0.342 e. The number of thioether (sulfide) groups is 1. The van der Waals surface area contributed by atoms with Crippen molar-refractivity contribution in [3.63, 3.8) is 0 Å². The fourth-order valence-corrected chi connectivity index (χ4v) is 5.14. The second-order valence-electron chi connectivity index (χ2n) is 7.51. The molecule has 10 heteroatoms. The van der Waals surface area contributed by atoms with Crippen LogP contribution in [0.1, 0.15) is 47.2 Å². The Bertz CT molecular complexity index is 1160. The van der Waals surface area contributed by atoms with Crippen molar-refractivity contribution in [2.24, 2.45) is 0 Å². The van der Waals surface area contributed by atoms with Crippen LogP contribution < -0.4 is 10.6 Å². The van der Waals surface area contributed by atoms with Gasteiger partial charge in [0.05, 0.1) is 22.4 Å². The Morgan fingerprint density at radius 2 is 1.85 bits per heavy atom. The van der Waals surface area contributed by atoms with Crippen molar-refractivity contribution in [2.45, 2.75) is 45.4 Å². The summed E-state index contributed by atoms with van der Waals surface area (Å²) in [6.45, 7) is 8.32. The summed E-state index contributed by atoms with van der Waals surface area (Å²) in [6.07, 6.45) is 0. The smallest absolute Gasteiger partial charge is 0.253 e. The number of hydrogen-bond acceptors (Lipinski definition) is 5. The molecule has 0 spiro atoms. The van der Waals surface area contributed by atoms with Gasteiger partial charge in [-0.25, -0.2) is 0 Å². The monoisotopic (exact) mass is 549 g/mol.